The number of nitrogens with one attached hydrogen (secondary N) is 6. The van der Waals surface area contributed by atoms with Crippen LogP contribution in [0.2, 0.25) is 5.04 Å². The number of hydrogen-bond acceptors (Lipinski definition) is 12. The molecule has 6 N–H and O–H groups in total. The molecule has 0 spiro atoms. The number of amides is 7. The number of benzene rings is 4. The summed E-state index contributed by atoms with van der Waals surface area (Å²) in [6.45, 7) is 22.0. The maximum absolute atomic E-state index is 15.4. The fraction of sp³-hybridized carbons (Fsp3) is 0.515. The highest BCUT2D eigenvalue weighted by Crippen LogP contribution is 2.37. The lowest BCUT2D eigenvalue weighted by Crippen LogP contribution is -2.66. The number of hydrogen-bond donors (Lipinski definition) is 6. The molecule has 7 amide bonds. The van der Waals surface area contributed by atoms with Gasteiger partial charge in [-0.2, -0.15) is 0 Å². The normalized spacial score (nSPS) is 20.9. The Morgan fingerprint density at radius 2 is 1.22 bits per heavy atom. The van der Waals surface area contributed by atoms with Crippen LogP contribution in [-0.4, -0.2) is 135 Å². The number of rotatable bonds is 22. The second kappa shape index (κ2) is 32.5. The molecule has 8 atom stereocenters. The summed E-state index contributed by atoms with van der Waals surface area (Å²) < 4.78 is 19.4. The standard InChI is InChI=1S/C68H95N7O12Si/c1-43(2)39-54-62(80)70-53(31-24-38-85-88(68(10,11)12,51-27-20-16-21-28-51)52-29-22-17-23-30-52)61(79)72-55(41-47-25-18-15-19-26-47)65(83)75(14)56(42-48-32-35-50(36-33-48)87-67(7,8)9)63(81)73-58(44(3)4)66(84)86-46(6)59(64(82)71-54)74-60(78)49(40-45(5)76)34-37-57(77)69-13/h15-23,25-30,32-33,35-36,43-44,46,49,53-56,58-59H,24,31,34,37-42H2,1-14H3,(H,69,77)(H,70,80)(H,71,82)(H,72,79)(H,73,81)(H,74,78)/t46-,49-,53+,54+,55+,56+,58+,59+/m1/s1. The second-order valence-corrected chi connectivity index (χ2v) is 30.2. The van der Waals surface area contributed by atoms with Gasteiger partial charge in [-0.1, -0.05) is 152 Å². The van der Waals surface area contributed by atoms with Gasteiger partial charge in [-0.3, -0.25) is 33.6 Å². The number of carbonyl (C=O) groups is 9. The fourth-order valence-corrected chi connectivity index (χ4v) is 15.6. The van der Waals surface area contributed by atoms with E-state index >= 15 is 19.2 Å². The number of ether oxygens (including phenoxy) is 2. The highest BCUT2D eigenvalue weighted by atomic mass is 28.4. The van der Waals surface area contributed by atoms with Crippen LogP contribution >= 0.6 is 0 Å². The van der Waals surface area contributed by atoms with E-state index in [0.717, 1.165) is 10.4 Å². The molecule has 4 aromatic carbocycles. The van der Waals surface area contributed by atoms with Crippen molar-refractivity contribution >= 4 is 71.8 Å². The highest BCUT2D eigenvalue weighted by molar-refractivity contribution is 6.99. The first-order chi connectivity index (χ1) is 41.4. The first-order valence-corrected chi connectivity index (χ1v) is 32.6. The van der Waals surface area contributed by atoms with Crippen LogP contribution < -0.4 is 47.0 Å². The van der Waals surface area contributed by atoms with Gasteiger partial charge in [-0.15, -0.1) is 0 Å². The molecule has 0 radical (unpaired) electrons. The molecule has 0 unspecified atom stereocenters. The molecule has 88 heavy (non-hydrogen) atoms. The molecule has 1 fully saturated rings. The molecule has 1 aliphatic heterocycles. The third kappa shape index (κ3) is 20.4. The Hall–Kier alpha value is -7.71. The summed E-state index contributed by atoms with van der Waals surface area (Å²) in [6.07, 6.45) is -1.80. The fourth-order valence-electron chi connectivity index (χ4n) is 11.0. The number of cyclic esters (lactones) is 1. The molecule has 0 aromatic heterocycles. The predicted molar refractivity (Wildman–Crippen MR) is 342 cm³/mol. The summed E-state index contributed by atoms with van der Waals surface area (Å²) in [5.41, 5.74) is 0.795. The maximum atomic E-state index is 15.4. The van der Waals surface area contributed by atoms with E-state index in [1.54, 1.807) is 50.2 Å². The van der Waals surface area contributed by atoms with Crippen LogP contribution in [-0.2, 0) is 65.2 Å². The Morgan fingerprint density at radius 1 is 0.682 bits per heavy atom. The van der Waals surface area contributed by atoms with Gasteiger partial charge < -0.3 is 55.5 Å². The van der Waals surface area contributed by atoms with Crippen molar-refractivity contribution in [3.63, 3.8) is 0 Å². The summed E-state index contributed by atoms with van der Waals surface area (Å²) >= 11 is 0. The van der Waals surface area contributed by atoms with Gasteiger partial charge in [0, 0.05) is 52.3 Å². The minimum Gasteiger partial charge on any atom is -0.488 e. The number of ketones is 1. The van der Waals surface area contributed by atoms with Crippen LogP contribution in [0.15, 0.2) is 115 Å². The van der Waals surface area contributed by atoms with E-state index in [1.165, 1.54) is 32.8 Å². The molecule has 478 valence electrons. The lowest BCUT2D eigenvalue weighted by atomic mass is 9.95. The van der Waals surface area contributed by atoms with Gasteiger partial charge in [0.2, 0.25) is 41.4 Å². The molecule has 20 heteroatoms. The average Bonchev–Trinajstić information content (AvgIpc) is 0.800. The van der Waals surface area contributed by atoms with Gasteiger partial charge in [0.05, 0.1) is 0 Å². The van der Waals surface area contributed by atoms with Crippen LogP contribution in [0, 0.1) is 17.8 Å². The zero-order valence-corrected chi connectivity index (χ0v) is 55.0. The molecule has 1 aliphatic rings. The summed E-state index contributed by atoms with van der Waals surface area (Å²) in [5.74, 6) is -7.76. The van der Waals surface area contributed by atoms with Crippen molar-refractivity contribution in [2.75, 3.05) is 20.7 Å². The maximum Gasteiger partial charge on any atom is 0.329 e. The van der Waals surface area contributed by atoms with Crippen molar-refractivity contribution in [1.29, 1.82) is 0 Å². The topological polar surface area (TPSA) is 257 Å². The smallest absolute Gasteiger partial charge is 0.329 e. The molecule has 0 aliphatic carbocycles. The summed E-state index contributed by atoms with van der Waals surface area (Å²) in [5, 5.41) is 18.4. The van der Waals surface area contributed by atoms with Crippen LogP contribution in [0.3, 0.4) is 0 Å². The predicted octanol–water partition coefficient (Wildman–Crippen LogP) is 6.03. The van der Waals surface area contributed by atoms with Crippen molar-refractivity contribution in [2.24, 2.45) is 17.8 Å². The number of carbonyl (C=O) groups excluding carboxylic acids is 9. The molecule has 5 rings (SSSR count). The second-order valence-electron chi connectivity index (χ2n) is 25.9. The molecule has 4 aromatic rings. The largest absolute Gasteiger partial charge is 0.488 e. The Balaban J connectivity index is 1.67. The summed E-state index contributed by atoms with van der Waals surface area (Å²) in [4.78, 5) is 131. The van der Waals surface area contributed by atoms with Crippen LogP contribution in [0.4, 0.5) is 0 Å². The van der Waals surface area contributed by atoms with Gasteiger partial charge >= 0.3 is 5.97 Å². The number of Topliss-reactive ketones (excluding diaryl/α,β-unsaturated/α-hetero) is 1. The summed E-state index contributed by atoms with van der Waals surface area (Å²) in [7, 11) is -0.197. The first kappa shape index (κ1) is 71.0. The van der Waals surface area contributed by atoms with Crippen molar-refractivity contribution in [3.05, 3.63) is 126 Å². The Kier molecular flexibility index (Phi) is 26.2. The van der Waals surface area contributed by atoms with Crippen molar-refractivity contribution in [2.45, 2.75) is 187 Å². The Labute approximate surface area is 521 Å². The number of likely N-dealkylation sites (N-methyl/N-ethyl adjacent to an activating group) is 1. The Morgan fingerprint density at radius 3 is 1.74 bits per heavy atom. The monoisotopic (exact) mass is 1230 g/mol. The zero-order valence-electron chi connectivity index (χ0n) is 54.0. The van der Waals surface area contributed by atoms with Gasteiger partial charge in [0.25, 0.3) is 8.32 Å². The minimum absolute atomic E-state index is 0.00396. The van der Waals surface area contributed by atoms with Crippen molar-refractivity contribution < 1.29 is 57.1 Å². The average molecular weight is 1230 g/mol. The molecular formula is C68H95N7O12Si. The minimum atomic E-state index is -3.09. The lowest BCUT2D eigenvalue weighted by molar-refractivity contribution is -0.158. The molecule has 1 saturated heterocycles. The quantitative estimate of drug-likeness (QED) is 0.0300. The van der Waals surface area contributed by atoms with E-state index in [9.17, 15) is 24.0 Å². The third-order valence-corrected chi connectivity index (χ3v) is 20.7. The van der Waals surface area contributed by atoms with Gasteiger partial charge in [0.1, 0.15) is 59.5 Å². The highest BCUT2D eigenvalue weighted by Gasteiger charge is 2.50. The SMILES string of the molecule is CNC(=O)CC[C@H](CC(C)=O)C(=O)N[C@@H]1C(=O)N[C@@H](CC(C)C)C(=O)N[C@@H](CCCO[Si](c2ccccc2)(c2ccccc2)C(C)(C)C)C(=O)N[C@@H](Cc2ccccc2)C(=O)N(C)[C@@H](Cc2ccc(OC(C)(C)C)cc2)C(=O)N[C@@H](C(C)C)C(=O)O[C@@H]1C. The molecule has 0 bridgehead atoms. The van der Waals surface area contributed by atoms with Gasteiger partial charge in [-0.05, 0) is 111 Å². The van der Waals surface area contributed by atoms with E-state index in [2.05, 4.69) is 76.9 Å². The zero-order chi connectivity index (χ0) is 65.1. The van der Waals surface area contributed by atoms with Gasteiger partial charge in [0.15, 0.2) is 0 Å². The molecule has 19 nitrogen and oxygen atoms in total. The number of nitrogens with zero attached hydrogens (tertiary/aromatic N) is 1. The van der Waals surface area contributed by atoms with E-state index in [0.29, 0.717) is 16.9 Å². The lowest BCUT2D eigenvalue weighted by Gasteiger charge is -2.43. The molecular weight excluding hydrogens is 1130 g/mol. The first-order valence-electron chi connectivity index (χ1n) is 30.7. The van der Waals surface area contributed by atoms with Crippen LogP contribution in [0.25, 0.3) is 0 Å². The third-order valence-electron chi connectivity index (χ3n) is 15.6. The van der Waals surface area contributed by atoms with Gasteiger partial charge in [-0.25, -0.2) is 4.79 Å². The molecule has 1 heterocycles. The number of esters is 1. The van der Waals surface area contributed by atoms with E-state index in [-0.39, 0.29) is 80.6 Å². The van der Waals surface area contributed by atoms with E-state index in [4.69, 9.17) is 13.9 Å². The van der Waals surface area contributed by atoms with Crippen LogP contribution in [0.1, 0.15) is 133 Å². The van der Waals surface area contributed by atoms with Crippen LogP contribution in [0.5, 0.6) is 5.75 Å². The van der Waals surface area contributed by atoms with E-state index in [1.807, 2.05) is 89.2 Å². The van der Waals surface area contributed by atoms with Crippen molar-refractivity contribution in [3.8, 4) is 5.75 Å². The van der Waals surface area contributed by atoms with Crippen molar-refractivity contribution in [1.82, 2.24) is 36.8 Å². The summed E-state index contributed by atoms with van der Waals surface area (Å²) in [6, 6.07) is 27.8. The van der Waals surface area contributed by atoms with E-state index < -0.39 is 110 Å². The molecule has 0 saturated carbocycles. The Bertz CT molecular complexity index is 2950.